The summed E-state index contributed by atoms with van der Waals surface area (Å²) in [6.45, 7) is 3.16. The molecule has 368 valence electrons. The Morgan fingerprint density at radius 3 is 1.20 bits per heavy atom. The SMILES string of the molecule is Nc1ccc(C=O)cc1.O=C(Cc1ccc(CN2CCS(=O)(=O)CC2)cc1)c1ccc(Cl)cc1.O=C(Cl)c1ccc(Cl)cc1.O=Cc1ccc(CC(=O)c2ccc(Cl)cc2)cc1.O=S1(=O)CCNCC1. The zero-order valence-electron chi connectivity index (χ0n) is 37.8. The van der Waals surface area contributed by atoms with Crippen molar-refractivity contribution in [2.75, 3.05) is 54.9 Å². The minimum absolute atomic E-state index is 0.0329. The zero-order chi connectivity index (χ0) is 51.1. The Labute approximate surface area is 428 Å². The Balaban J connectivity index is 0.000000206. The van der Waals surface area contributed by atoms with E-state index in [1.54, 1.807) is 121 Å². The van der Waals surface area contributed by atoms with Gasteiger partial charge in [0.1, 0.15) is 12.6 Å². The number of carbonyl (C=O) groups excluding carboxylic acids is 5. The summed E-state index contributed by atoms with van der Waals surface area (Å²) in [5.74, 6) is 1.19. The number of hydrogen-bond donors (Lipinski definition) is 2. The maximum absolute atomic E-state index is 12.3. The van der Waals surface area contributed by atoms with Crippen LogP contribution < -0.4 is 11.1 Å². The molecule has 0 saturated carbocycles. The van der Waals surface area contributed by atoms with Crippen molar-refractivity contribution in [3.8, 4) is 0 Å². The van der Waals surface area contributed by atoms with Crippen LogP contribution >= 0.6 is 46.4 Å². The summed E-state index contributed by atoms with van der Waals surface area (Å²) in [4.78, 5) is 57.5. The van der Waals surface area contributed by atoms with E-state index in [-0.39, 0.29) is 23.1 Å². The number of nitrogens with two attached hydrogens (primary N) is 1. The molecule has 0 bridgehead atoms. The molecule has 8 rings (SSSR count). The largest absolute Gasteiger partial charge is 0.399 e. The first-order chi connectivity index (χ1) is 33.3. The molecule has 0 spiro atoms. The summed E-state index contributed by atoms with van der Waals surface area (Å²) in [6, 6.07) is 41.8. The van der Waals surface area contributed by atoms with E-state index in [4.69, 9.17) is 52.1 Å². The van der Waals surface area contributed by atoms with Gasteiger partial charge in [-0.1, -0.05) is 83.3 Å². The topological polar surface area (TPSA) is 195 Å². The van der Waals surface area contributed by atoms with E-state index in [0.717, 1.165) is 35.8 Å². The third kappa shape index (κ3) is 21.6. The normalized spacial score (nSPS) is 14.4. The average molecular weight is 1070 g/mol. The summed E-state index contributed by atoms with van der Waals surface area (Å²) < 4.78 is 44.2. The monoisotopic (exact) mass is 1070 g/mol. The molecule has 2 heterocycles. The average Bonchev–Trinajstić information content (AvgIpc) is 3.34. The molecular weight excluding hydrogens is 1020 g/mol. The molecule has 0 radical (unpaired) electrons. The molecule has 2 aliphatic rings. The van der Waals surface area contributed by atoms with Crippen LogP contribution in [0.1, 0.15) is 68.5 Å². The van der Waals surface area contributed by atoms with Crippen LogP contribution in [0.15, 0.2) is 146 Å². The van der Waals surface area contributed by atoms with Crippen LogP contribution in [-0.4, -0.2) is 100 Å². The number of anilines is 1. The van der Waals surface area contributed by atoms with Crippen LogP contribution in [0.2, 0.25) is 15.1 Å². The van der Waals surface area contributed by atoms with Gasteiger partial charge in [-0.05, 0) is 125 Å². The quantitative estimate of drug-likeness (QED) is 0.0541. The summed E-state index contributed by atoms with van der Waals surface area (Å²) in [6.07, 6.45) is 2.24. The number of rotatable bonds is 11. The lowest BCUT2D eigenvalue weighted by atomic mass is 10.0. The maximum Gasteiger partial charge on any atom is 0.252 e. The molecule has 6 aromatic rings. The van der Waals surface area contributed by atoms with E-state index in [9.17, 15) is 40.8 Å². The third-order valence-corrected chi connectivity index (χ3v) is 14.6. The molecule has 2 fully saturated rings. The van der Waals surface area contributed by atoms with Gasteiger partial charge in [0.2, 0.25) is 0 Å². The van der Waals surface area contributed by atoms with Crippen LogP contribution in [-0.2, 0) is 39.1 Å². The van der Waals surface area contributed by atoms with Crippen molar-refractivity contribution in [1.29, 1.82) is 0 Å². The standard InChI is InChI=1S/C19H20ClNO3S.C15H11ClO2.C7H4Cl2O.C7H7NO.C4H9NO2S/c20-18-7-5-17(6-8-18)19(22)13-15-1-3-16(4-2-15)14-21-9-11-25(23,24)12-10-21;16-14-7-5-13(6-8-14)15(18)9-11-1-3-12(10-17)4-2-11;8-6-3-1-5(2-4-6)7(9)10;8-7-3-1-6(5-9)2-4-7;6-8(7)3-1-5-2-4-8/h1-8H,9-14H2;1-8,10H,9H2;1-4H;1-5H,8H2;5H,1-4H2. The Bertz CT molecular complexity index is 2840. The first-order valence-electron chi connectivity index (χ1n) is 21.6. The molecule has 18 heteroatoms. The van der Waals surface area contributed by atoms with E-state index in [1.165, 1.54) is 0 Å². The highest BCUT2D eigenvalue weighted by molar-refractivity contribution is 7.91. The van der Waals surface area contributed by atoms with Gasteiger partial charge < -0.3 is 11.1 Å². The number of hydrogen-bond acceptors (Lipinski definition) is 12. The second-order valence-electron chi connectivity index (χ2n) is 15.8. The molecule has 12 nitrogen and oxygen atoms in total. The van der Waals surface area contributed by atoms with E-state index >= 15 is 0 Å². The molecule has 2 aliphatic heterocycles. The molecule has 3 N–H and O–H groups in total. The second kappa shape index (κ2) is 29.0. The Morgan fingerprint density at radius 1 is 0.500 bits per heavy atom. The predicted octanol–water partition coefficient (Wildman–Crippen LogP) is 9.38. The Morgan fingerprint density at radius 2 is 0.843 bits per heavy atom. The molecular formula is C52H51Cl4N3O9S2. The zero-order valence-corrected chi connectivity index (χ0v) is 42.5. The number of nitrogens with zero attached hydrogens (tertiary/aromatic N) is 1. The lowest BCUT2D eigenvalue weighted by Gasteiger charge is -2.26. The molecule has 70 heavy (non-hydrogen) atoms. The minimum Gasteiger partial charge on any atom is -0.399 e. The number of ketones is 2. The highest BCUT2D eigenvalue weighted by Gasteiger charge is 2.21. The fourth-order valence-corrected chi connectivity index (χ4v) is 9.22. The first-order valence-corrected chi connectivity index (χ1v) is 26.8. The number of nitrogens with one attached hydrogen (secondary N) is 1. The van der Waals surface area contributed by atoms with Crippen molar-refractivity contribution in [3.63, 3.8) is 0 Å². The summed E-state index contributed by atoms with van der Waals surface area (Å²) >= 11 is 22.3. The van der Waals surface area contributed by atoms with E-state index in [0.29, 0.717) is 99.1 Å². The second-order valence-corrected chi connectivity index (χ2v) is 22.0. The Hall–Kier alpha value is -5.55. The molecule has 2 saturated heterocycles. The van der Waals surface area contributed by atoms with Gasteiger partial charge in [0, 0.05) is 94.1 Å². The van der Waals surface area contributed by atoms with Gasteiger partial charge in [-0.25, -0.2) is 16.8 Å². The number of benzene rings is 6. The lowest BCUT2D eigenvalue weighted by Crippen LogP contribution is -2.39. The molecule has 0 atom stereocenters. The third-order valence-electron chi connectivity index (χ3n) is 10.4. The molecule has 0 unspecified atom stereocenters. The fourth-order valence-electron chi connectivity index (χ4n) is 6.33. The van der Waals surface area contributed by atoms with Crippen LogP contribution in [0.3, 0.4) is 0 Å². The highest BCUT2D eigenvalue weighted by Crippen LogP contribution is 2.16. The first kappa shape index (κ1) is 57.0. The smallest absolute Gasteiger partial charge is 0.252 e. The van der Waals surface area contributed by atoms with Gasteiger partial charge in [0.25, 0.3) is 5.24 Å². The molecule has 0 aliphatic carbocycles. The fraction of sp³-hybridized carbons (Fsp3) is 0.212. The van der Waals surface area contributed by atoms with Gasteiger partial charge >= 0.3 is 0 Å². The van der Waals surface area contributed by atoms with E-state index in [2.05, 4.69) is 10.2 Å². The minimum atomic E-state index is -2.84. The van der Waals surface area contributed by atoms with Gasteiger partial charge in [0.15, 0.2) is 31.2 Å². The van der Waals surface area contributed by atoms with Crippen molar-refractivity contribution >= 4 is 101 Å². The van der Waals surface area contributed by atoms with Crippen molar-refractivity contribution in [1.82, 2.24) is 10.2 Å². The van der Waals surface area contributed by atoms with E-state index in [1.807, 2.05) is 24.3 Å². The van der Waals surface area contributed by atoms with Gasteiger partial charge in [-0.3, -0.25) is 28.9 Å². The molecule has 0 aromatic heterocycles. The van der Waals surface area contributed by atoms with Crippen molar-refractivity contribution in [3.05, 3.63) is 205 Å². The predicted molar refractivity (Wildman–Crippen MR) is 281 cm³/mol. The van der Waals surface area contributed by atoms with Crippen LogP contribution in [0.4, 0.5) is 5.69 Å². The maximum atomic E-state index is 12.3. The van der Waals surface area contributed by atoms with Gasteiger partial charge in [0.05, 0.1) is 23.0 Å². The summed E-state index contributed by atoms with van der Waals surface area (Å²) in [5.41, 5.74) is 12.0. The lowest BCUT2D eigenvalue weighted by molar-refractivity contribution is 0.0984. The molecule has 0 amide bonds. The van der Waals surface area contributed by atoms with Gasteiger partial charge in [-0.15, -0.1) is 0 Å². The summed E-state index contributed by atoms with van der Waals surface area (Å²) in [5, 5.41) is 4.33. The number of carbonyl (C=O) groups is 5. The van der Waals surface area contributed by atoms with Crippen molar-refractivity contribution in [2.24, 2.45) is 0 Å². The highest BCUT2D eigenvalue weighted by atomic mass is 35.5. The number of Topliss-reactive ketones (excluding diaryl/α,β-unsaturated/α-hetero) is 2. The van der Waals surface area contributed by atoms with Crippen LogP contribution in [0, 0.1) is 0 Å². The van der Waals surface area contributed by atoms with E-state index < -0.39 is 24.9 Å². The van der Waals surface area contributed by atoms with Crippen molar-refractivity contribution < 1.29 is 40.8 Å². The number of halogens is 4. The number of aldehydes is 2. The van der Waals surface area contributed by atoms with Crippen molar-refractivity contribution in [2.45, 2.75) is 19.4 Å². The number of sulfone groups is 2. The number of nitrogen functional groups attached to an aromatic ring is 1. The van der Waals surface area contributed by atoms with Crippen LogP contribution in [0.5, 0.6) is 0 Å². The molecule has 6 aromatic carbocycles. The van der Waals surface area contributed by atoms with Crippen LogP contribution in [0.25, 0.3) is 0 Å². The summed E-state index contributed by atoms with van der Waals surface area (Å²) in [7, 11) is -5.49. The van der Waals surface area contributed by atoms with Gasteiger partial charge in [-0.2, -0.15) is 0 Å². The Kier molecular flexibility index (Phi) is 23.6.